The van der Waals surface area contributed by atoms with E-state index in [1.165, 1.54) is 6.92 Å². The summed E-state index contributed by atoms with van der Waals surface area (Å²) in [6.45, 7) is 0.960. The zero-order chi connectivity index (χ0) is 14.0. The first kappa shape index (κ1) is 12.9. The molecule has 1 aromatic carbocycles. The van der Waals surface area contributed by atoms with E-state index >= 15 is 0 Å². The summed E-state index contributed by atoms with van der Waals surface area (Å²) in [4.78, 5) is 47.0. The van der Waals surface area contributed by atoms with Gasteiger partial charge in [-0.25, -0.2) is 0 Å². The van der Waals surface area contributed by atoms with Gasteiger partial charge in [0.05, 0.1) is 17.7 Å². The number of nitrogens with zero attached hydrogens (tertiary/aromatic N) is 1. The van der Waals surface area contributed by atoms with Gasteiger partial charge in [0.2, 0.25) is 0 Å². The first-order valence-electron chi connectivity index (χ1n) is 5.67. The Kier molecular flexibility index (Phi) is 3.37. The third-order valence-electron chi connectivity index (χ3n) is 2.70. The topological polar surface area (TPSA) is 71.5 Å². The van der Waals surface area contributed by atoms with Crippen LogP contribution in [0, 0.1) is 0 Å². The van der Waals surface area contributed by atoms with Crippen molar-refractivity contribution in [3.63, 3.8) is 0 Å². The van der Waals surface area contributed by atoms with Gasteiger partial charge in [0.25, 0.3) is 11.8 Å². The van der Waals surface area contributed by atoms with E-state index in [-0.39, 0.29) is 12.3 Å². The van der Waals surface area contributed by atoms with E-state index in [1.807, 2.05) is 0 Å². The van der Waals surface area contributed by atoms with Crippen LogP contribution in [0.3, 0.4) is 0 Å². The number of rotatable bonds is 4. The molecule has 1 heterocycles. The first-order chi connectivity index (χ1) is 9.00. The normalized spacial score (nSPS) is 14.1. The second-order valence-corrected chi connectivity index (χ2v) is 4.15. The Balaban J connectivity index is 2.17. The van der Waals surface area contributed by atoms with Crippen LogP contribution < -0.4 is 0 Å². The molecule has 96 valence electrons. The summed E-state index contributed by atoms with van der Waals surface area (Å²) in [5.41, 5.74) is 0.603. The Labute approximate surface area is 109 Å². The van der Waals surface area contributed by atoms with Crippen molar-refractivity contribution in [2.45, 2.75) is 6.92 Å². The molecule has 0 aromatic heterocycles. The molecule has 1 aromatic rings. The van der Waals surface area contributed by atoms with E-state index in [1.54, 1.807) is 24.3 Å². The van der Waals surface area contributed by atoms with Crippen molar-refractivity contribution in [2.75, 3.05) is 6.54 Å². The van der Waals surface area contributed by atoms with E-state index in [9.17, 15) is 19.2 Å². The van der Waals surface area contributed by atoms with Crippen LogP contribution in [0.15, 0.2) is 36.4 Å². The number of allylic oxidation sites excluding steroid dienone is 1. The quantitative estimate of drug-likeness (QED) is 0.596. The number of amides is 2. The van der Waals surface area contributed by atoms with Crippen molar-refractivity contribution in [3.05, 3.63) is 47.5 Å². The summed E-state index contributed by atoms with van der Waals surface area (Å²) in [5.74, 6) is -1.70. The summed E-state index contributed by atoms with van der Waals surface area (Å²) in [5, 5.41) is 0. The minimum atomic E-state index is -0.481. The zero-order valence-corrected chi connectivity index (χ0v) is 10.3. The van der Waals surface area contributed by atoms with Crippen molar-refractivity contribution in [1.82, 2.24) is 4.90 Å². The number of carbonyl (C=O) groups is 4. The lowest BCUT2D eigenvalue weighted by Gasteiger charge is -2.10. The Morgan fingerprint density at radius 2 is 1.58 bits per heavy atom. The highest BCUT2D eigenvalue weighted by molar-refractivity contribution is 6.22. The highest BCUT2D eigenvalue weighted by Crippen LogP contribution is 2.21. The number of ketones is 2. The fourth-order valence-electron chi connectivity index (χ4n) is 1.80. The molecule has 19 heavy (non-hydrogen) atoms. The molecular formula is C14H11NO4. The second kappa shape index (κ2) is 4.97. The molecule has 0 saturated carbocycles. The summed E-state index contributed by atoms with van der Waals surface area (Å²) in [6, 6.07) is 6.41. The van der Waals surface area contributed by atoms with Crippen LogP contribution in [0.5, 0.6) is 0 Å². The van der Waals surface area contributed by atoms with E-state index in [0.717, 1.165) is 17.1 Å². The molecule has 0 bridgehead atoms. The van der Waals surface area contributed by atoms with Crippen molar-refractivity contribution in [1.29, 1.82) is 0 Å². The predicted molar refractivity (Wildman–Crippen MR) is 66.6 cm³/mol. The molecular weight excluding hydrogens is 246 g/mol. The molecule has 2 amide bonds. The summed E-state index contributed by atoms with van der Waals surface area (Å²) in [7, 11) is 0. The average Bonchev–Trinajstić information content (AvgIpc) is 2.62. The number of carbonyl (C=O) groups excluding carboxylic acids is 4. The van der Waals surface area contributed by atoms with Crippen molar-refractivity contribution < 1.29 is 19.2 Å². The van der Waals surface area contributed by atoms with Crippen LogP contribution in [0.4, 0.5) is 0 Å². The summed E-state index contributed by atoms with van der Waals surface area (Å²) in [6.07, 6.45) is 2.19. The smallest absolute Gasteiger partial charge is 0.261 e. The molecule has 0 unspecified atom stereocenters. The highest BCUT2D eigenvalue weighted by Gasteiger charge is 2.35. The lowest BCUT2D eigenvalue weighted by atomic mass is 10.1. The first-order valence-corrected chi connectivity index (χ1v) is 5.67. The number of fused-ring (bicyclic) bond motifs is 1. The van der Waals surface area contributed by atoms with Gasteiger partial charge in [0, 0.05) is 0 Å². The molecule has 1 aliphatic rings. The number of hydrogen-bond donors (Lipinski definition) is 0. The third kappa shape index (κ3) is 2.49. The molecule has 5 heteroatoms. The standard InChI is InChI=1S/C14H11NO4/c1-9(16)6-7-10(17)8-15-13(18)11-4-2-3-5-12(11)14(15)19/h2-7H,8H2,1H3/b7-6+. The van der Waals surface area contributed by atoms with Gasteiger partial charge < -0.3 is 0 Å². The molecule has 0 N–H and O–H groups in total. The second-order valence-electron chi connectivity index (χ2n) is 4.15. The minimum Gasteiger partial charge on any atom is -0.295 e. The average molecular weight is 257 g/mol. The molecule has 0 saturated heterocycles. The van der Waals surface area contributed by atoms with Gasteiger partial charge in [-0.2, -0.15) is 0 Å². The van der Waals surface area contributed by atoms with Crippen LogP contribution in [0.1, 0.15) is 27.6 Å². The van der Waals surface area contributed by atoms with E-state index in [4.69, 9.17) is 0 Å². The molecule has 0 aliphatic carbocycles. The molecule has 0 fully saturated rings. The number of imide groups is 1. The van der Waals surface area contributed by atoms with E-state index in [2.05, 4.69) is 0 Å². The zero-order valence-electron chi connectivity index (χ0n) is 10.3. The Morgan fingerprint density at radius 1 is 1.05 bits per heavy atom. The van der Waals surface area contributed by atoms with Gasteiger partial charge in [0.15, 0.2) is 11.6 Å². The van der Waals surface area contributed by atoms with Gasteiger partial charge in [-0.1, -0.05) is 12.1 Å². The fraction of sp³-hybridized carbons (Fsp3) is 0.143. The van der Waals surface area contributed by atoms with Crippen LogP contribution in [-0.4, -0.2) is 34.8 Å². The van der Waals surface area contributed by atoms with Gasteiger partial charge in [-0.05, 0) is 31.2 Å². The number of hydrogen-bond acceptors (Lipinski definition) is 4. The summed E-state index contributed by atoms with van der Waals surface area (Å²) < 4.78 is 0. The van der Waals surface area contributed by atoms with Gasteiger partial charge in [-0.3, -0.25) is 24.1 Å². The summed E-state index contributed by atoms with van der Waals surface area (Å²) >= 11 is 0. The third-order valence-corrected chi connectivity index (χ3v) is 2.70. The van der Waals surface area contributed by atoms with Crippen LogP contribution in [-0.2, 0) is 9.59 Å². The molecule has 2 rings (SSSR count). The van der Waals surface area contributed by atoms with Crippen LogP contribution in [0.25, 0.3) is 0 Å². The molecule has 0 radical (unpaired) electrons. The monoisotopic (exact) mass is 257 g/mol. The molecule has 5 nitrogen and oxygen atoms in total. The van der Waals surface area contributed by atoms with Crippen molar-refractivity contribution >= 4 is 23.4 Å². The number of benzene rings is 1. The lowest BCUT2D eigenvalue weighted by molar-refractivity contribution is -0.116. The Morgan fingerprint density at radius 3 is 2.05 bits per heavy atom. The van der Waals surface area contributed by atoms with Gasteiger partial charge in [-0.15, -0.1) is 0 Å². The predicted octanol–water partition coefficient (Wildman–Crippen LogP) is 0.997. The molecule has 1 aliphatic heterocycles. The lowest BCUT2D eigenvalue weighted by Crippen LogP contribution is -2.34. The maximum Gasteiger partial charge on any atom is 0.261 e. The van der Waals surface area contributed by atoms with Gasteiger partial charge >= 0.3 is 0 Å². The van der Waals surface area contributed by atoms with Gasteiger partial charge in [0.1, 0.15) is 0 Å². The SMILES string of the molecule is CC(=O)/C=C/C(=O)CN1C(=O)c2ccccc2C1=O. The van der Waals surface area contributed by atoms with E-state index < -0.39 is 17.6 Å². The minimum absolute atomic E-state index is 0.268. The Hall–Kier alpha value is -2.56. The fourth-order valence-corrected chi connectivity index (χ4v) is 1.80. The van der Waals surface area contributed by atoms with E-state index in [0.29, 0.717) is 11.1 Å². The molecule has 0 atom stereocenters. The van der Waals surface area contributed by atoms with Crippen LogP contribution in [0.2, 0.25) is 0 Å². The van der Waals surface area contributed by atoms with Crippen molar-refractivity contribution in [3.8, 4) is 0 Å². The highest BCUT2D eigenvalue weighted by atomic mass is 16.2. The Bertz CT molecular complexity index is 581. The van der Waals surface area contributed by atoms with Crippen molar-refractivity contribution in [2.24, 2.45) is 0 Å². The molecule has 0 spiro atoms. The van der Waals surface area contributed by atoms with Crippen LogP contribution >= 0.6 is 0 Å². The largest absolute Gasteiger partial charge is 0.295 e. The maximum absolute atomic E-state index is 11.9. The maximum atomic E-state index is 11.9.